The van der Waals surface area contributed by atoms with Crippen LogP contribution in [-0.4, -0.2) is 28.2 Å². The lowest BCUT2D eigenvalue weighted by Crippen LogP contribution is -2.09. The smallest absolute Gasteiger partial charge is 0.204 e. The van der Waals surface area contributed by atoms with E-state index in [9.17, 15) is 0 Å². The van der Waals surface area contributed by atoms with Gasteiger partial charge in [-0.25, -0.2) is 0 Å². The van der Waals surface area contributed by atoms with Gasteiger partial charge in [0.2, 0.25) is 6.29 Å². The lowest BCUT2D eigenvalue weighted by molar-refractivity contribution is -0.142. The van der Waals surface area contributed by atoms with E-state index in [2.05, 4.69) is 17.2 Å². The average molecular weight is 255 g/mol. The van der Waals surface area contributed by atoms with Gasteiger partial charge in [-0.05, 0) is 20.3 Å². The molecule has 0 spiro atoms. The van der Waals surface area contributed by atoms with Crippen LogP contribution in [0.15, 0.2) is 6.20 Å². The number of aromatic nitrogens is 3. The van der Waals surface area contributed by atoms with Gasteiger partial charge in [-0.1, -0.05) is 31.4 Å². The van der Waals surface area contributed by atoms with Gasteiger partial charge < -0.3 is 9.47 Å². The Morgan fingerprint density at radius 1 is 1.11 bits per heavy atom. The minimum atomic E-state index is -0.385. The van der Waals surface area contributed by atoms with Crippen molar-refractivity contribution >= 4 is 0 Å². The van der Waals surface area contributed by atoms with E-state index in [1.165, 1.54) is 19.3 Å². The van der Waals surface area contributed by atoms with Crippen molar-refractivity contribution in [3.8, 4) is 0 Å². The number of hydrogen-bond donors (Lipinski definition) is 0. The van der Waals surface area contributed by atoms with Crippen LogP contribution in [0, 0.1) is 0 Å². The Morgan fingerprint density at radius 2 is 1.83 bits per heavy atom. The molecule has 1 aromatic rings. The summed E-state index contributed by atoms with van der Waals surface area (Å²) in [6.07, 6.45) is 6.45. The Hall–Kier alpha value is -0.940. The van der Waals surface area contributed by atoms with E-state index in [0.717, 1.165) is 18.7 Å². The van der Waals surface area contributed by atoms with Gasteiger partial charge in [0, 0.05) is 19.8 Å². The van der Waals surface area contributed by atoms with Gasteiger partial charge in [0.15, 0.2) is 0 Å². The molecule has 0 aliphatic heterocycles. The van der Waals surface area contributed by atoms with Gasteiger partial charge in [-0.2, -0.15) is 0 Å². The summed E-state index contributed by atoms with van der Waals surface area (Å²) in [6.45, 7) is 8.23. The molecular weight excluding hydrogens is 230 g/mol. The fourth-order valence-corrected chi connectivity index (χ4v) is 1.75. The summed E-state index contributed by atoms with van der Waals surface area (Å²) >= 11 is 0. The normalized spacial score (nSPS) is 11.3. The Morgan fingerprint density at radius 3 is 2.44 bits per heavy atom. The van der Waals surface area contributed by atoms with Gasteiger partial charge in [0.25, 0.3) is 0 Å². The molecule has 0 N–H and O–H groups in total. The third-order valence-electron chi connectivity index (χ3n) is 2.67. The minimum absolute atomic E-state index is 0.385. The molecule has 0 saturated carbocycles. The molecule has 1 heterocycles. The van der Waals surface area contributed by atoms with Gasteiger partial charge in [-0.15, -0.1) is 5.10 Å². The minimum Gasteiger partial charge on any atom is -0.347 e. The van der Waals surface area contributed by atoms with E-state index in [4.69, 9.17) is 9.47 Å². The predicted octanol–water partition coefficient (Wildman–Crippen LogP) is 2.93. The van der Waals surface area contributed by atoms with Crippen LogP contribution in [0.25, 0.3) is 0 Å². The lowest BCUT2D eigenvalue weighted by atomic mass is 10.2. The van der Waals surface area contributed by atoms with Gasteiger partial charge in [-0.3, -0.25) is 4.68 Å². The van der Waals surface area contributed by atoms with Crippen LogP contribution in [0.1, 0.15) is 58.4 Å². The second-order valence-corrected chi connectivity index (χ2v) is 4.21. The zero-order valence-electron chi connectivity index (χ0n) is 11.8. The second kappa shape index (κ2) is 9.05. The molecule has 5 heteroatoms. The van der Waals surface area contributed by atoms with Gasteiger partial charge in [0.05, 0.1) is 6.20 Å². The van der Waals surface area contributed by atoms with E-state index in [1.807, 2.05) is 24.7 Å². The van der Waals surface area contributed by atoms with Crippen LogP contribution in [0.2, 0.25) is 0 Å². The first-order chi connectivity index (χ1) is 8.81. The third kappa shape index (κ3) is 5.14. The van der Waals surface area contributed by atoms with Crippen molar-refractivity contribution in [1.82, 2.24) is 15.0 Å². The standard InChI is InChI=1S/C13H25N3O2/c1-4-7-8-9-10-16-11-12(14-15-16)13(17-5-2)18-6-3/h11,13H,4-10H2,1-3H3. The maximum absolute atomic E-state index is 5.49. The quantitative estimate of drug-likeness (QED) is 0.476. The Balaban J connectivity index is 2.44. The highest BCUT2D eigenvalue weighted by Crippen LogP contribution is 2.16. The summed E-state index contributed by atoms with van der Waals surface area (Å²) in [7, 11) is 0. The number of nitrogens with zero attached hydrogens (tertiary/aromatic N) is 3. The first-order valence-corrected chi connectivity index (χ1v) is 6.95. The number of ether oxygens (including phenoxy) is 2. The van der Waals surface area contributed by atoms with Crippen LogP contribution >= 0.6 is 0 Å². The number of unbranched alkanes of at least 4 members (excludes halogenated alkanes) is 3. The van der Waals surface area contributed by atoms with Crippen molar-refractivity contribution in [2.75, 3.05) is 13.2 Å². The molecule has 0 amide bonds. The molecule has 0 unspecified atom stereocenters. The third-order valence-corrected chi connectivity index (χ3v) is 2.67. The Kier molecular flexibility index (Phi) is 7.60. The molecule has 5 nitrogen and oxygen atoms in total. The summed E-state index contributed by atoms with van der Waals surface area (Å²) in [5.74, 6) is 0. The van der Waals surface area contributed by atoms with E-state index in [-0.39, 0.29) is 6.29 Å². The van der Waals surface area contributed by atoms with Crippen molar-refractivity contribution < 1.29 is 9.47 Å². The Labute approximate surface area is 109 Å². The van der Waals surface area contributed by atoms with Crippen molar-refractivity contribution in [3.05, 3.63) is 11.9 Å². The van der Waals surface area contributed by atoms with Crippen LogP contribution in [0.4, 0.5) is 0 Å². The fraction of sp³-hybridized carbons (Fsp3) is 0.846. The van der Waals surface area contributed by atoms with Crippen molar-refractivity contribution in [2.45, 2.75) is 59.3 Å². The summed E-state index contributed by atoms with van der Waals surface area (Å²) in [4.78, 5) is 0. The molecule has 0 fully saturated rings. The van der Waals surface area contributed by atoms with Crippen molar-refractivity contribution in [3.63, 3.8) is 0 Å². The summed E-state index contributed by atoms with van der Waals surface area (Å²) in [6, 6.07) is 0. The number of rotatable bonds is 10. The first-order valence-electron chi connectivity index (χ1n) is 6.95. The molecule has 18 heavy (non-hydrogen) atoms. The zero-order valence-corrected chi connectivity index (χ0v) is 11.8. The first kappa shape index (κ1) is 15.1. The predicted molar refractivity (Wildman–Crippen MR) is 70.2 cm³/mol. The molecule has 0 aliphatic rings. The van der Waals surface area contributed by atoms with Crippen LogP contribution in [-0.2, 0) is 16.0 Å². The molecule has 0 aliphatic carbocycles. The maximum atomic E-state index is 5.49. The average Bonchev–Trinajstić information content (AvgIpc) is 2.83. The molecule has 0 aromatic carbocycles. The molecule has 0 saturated heterocycles. The molecular formula is C13H25N3O2. The van der Waals surface area contributed by atoms with Crippen molar-refractivity contribution in [2.24, 2.45) is 0 Å². The Bertz CT molecular complexity index is 309. The monoisotopic (exact) mass is 255 g/mol. The topological polar surface area (TPSA) is 49.2 Å². The highest BCUT2D eigenvalue weighted by Gasteiger charge is 2.15. The largest absolute Gasteiger partial charge is 0.347 e. The molecule has 1 rings (SSSR count). The highest BCUT2D eigenvalue weighted by molar-refractivity contribution is 4.94. The highest BCUT2D eigenvalue weighted by atomic mass is 16.7. The fourth-order valence-electron chi connectivity index (χ4n) is 1.75. The molecule has 0 radical (unpaired) electrons. The molecule has 0 bridgehead atoms. The van der Waals surface area contributed by atoms with E-state index in [1.54, 1.807) is 0 Å². The van der Waals surface area contributed by atoms with Gasteiger partial charge in [0.1, 0.15) is 5.69 Å². The van der Waals surface area contributed by atoms with Crippen molar-refractivity contribution in [1.29, 1.82) is 0 Å². The summed E-state index contributed by atoms with van der Waals surface area (Å²) < 4.78 is 12.8. The maximum Gasteiger partial charge on any atom is 0.204 e. The second-order valence-electron chi connectivity index (χ2n) is 4.21. The summed E-state index contributed by atoms with van der Waals surface area (Å²) in [5.41, 5.74) is 0.759. The SMILES string of the molecule is CCCCCCn1cc(C(OCC)OCC)nn1. The van der Waals surface area contributed by atoms with Crippen LogP contribution in [0.3, 0.4) is 0 Å². The lowest BCUT2D eigenvalue weighted by Gasteiger charge is -2.13. The zero-order chi connectivity index (χ0) is 13.2. The van der Waals surface area contributed by atoms with E-state index in [0.29, 0.717) is 13.2 Å². The number of hydrogen-bond acceptors (Lipinski definition) is 4. The number of aryl methyl sites for hydroxylation is 1. The molecule has 0 atom stereocenters. The molecule has 104 valence electrons. The summed E-state index contributed by atoms with van der Waals surface area (Å²) in [5, 5.41) is 8.22. The van der Waals surface area contributed by atoms with Crippen LogP contribution < -0.4 is 0 Å². The van der Waals surface area contributed by atoms with E-state index < -0.39 is 0 Å². The molecule has 1 aromatic heterocycles. The van der Waals surface area contributed by atoms with Gasteiger partial charge >= 0.3 is 0 Å². The van der Waals surface area contributed by atoms with E-state index >= 15 is 0 Å². The van der Waals surface area contributed by atoms with Crippen LogP contribution in [0.5, 0.6) is 0 Å².